The molecule has 1 aromatic heterocycles. The molecule has 0 fully saturated rings. The summed E-state index contributed by atoms with van der Waals surface area (Å²) >= 11 is 0. The predicted molar refractivity (Wildman–Crippen MR) is 150 cm³/mol. The minimum Gasteiger partial charge on any atom is -0.490 e. The van der Waals surface area contributed by atoms with Crippen molar-refractivity contribution in [3.63, 3.8) is 0 Å². The summed E-state index contributed by atoms with van der Waals surface area (Å²) in [6.07, 6.45) is 3.09. The number of ether oxygens (including phenoxy) is 2. The van der Waals surface area contributed by atoms with Gasteiger partial charge in [0.25, 0.3) is 5.91 Å². The molecule has 1 amide bonds. The lowest BCUT2D eigenvalue weighted by Gasteiger charge is -2.26. The zero-order valence-corrected chi connectivity index (χ0v) is 22.7. The molecule has 2 heterocycles. The number of aryl methyl sites for hydroxylation is 2. The summed E-state index contributed by atoms with van der Waals surface area (Å²) in [6.45, 7) is 8.97. The van der Waals surface area contributed by atoms with Crippen molar-refractivity contribution in [1.29, 1.82) is 0 Å². The predicted octanol–water partition coefficient (Wildman–Crippen LogP) is 7.27. The number of halogens is 1. The molecule has 0 spiro atoms. The van der Waals surface area contributed by atoms with Gasteiger partial charge in [0, 0.05) is 5.69 Å². The van der Waals surface area contributed by atoms with Gasteiger partial charge in [-0.1, -0.05) is 31.9 Å². The highest BCUT2D eigenvalue weighted by atomic mass is 19.1. The molecule has 1 unspecified atom stereocenters. The SMILES string of the molecule is CCCCCOc1ccc(C2c3c(oc4ccc(F)cc4c3=O)C(=O)N2c2ccc(C)c(C)c2)cc1OCC. The summed E-state index contributed by atoms with van der Waals surface area (Å²) < 4.78 is 32.0. The topological polar surface area (TPSA) is 69.0 Å². The van der Waals surface area contributed by atoms with E-state index in [0.29, 0.717) is 36.0 Å². The zero-order valence-electron chi connectivity index (χ0n) is 22.7. The molecular formula is C32H32FNO5. The molecule has 6 nitrogen and oxygen atoms in total. The van der Waals surface area contributed by atoms with Crippen molar-refractivity contribution in [2.24, 2.45) is 0 Å². The molecule has 5 rings (SSSR count). The van der Waals surface area contributed by atoms with Gasteiger partial charge in [0.1, 0.15) is 11.4 Å². The maximum atomic E-state index is 14.1. The Kier molecular flexibility index (Phi) is 7.42. The van der Waals surface area contributed by atoms with Crippen LogP contribution < -0.4 is 19.8 Å². The number of carbonyl (C=O) groups excluding carboxylic acids is 1. The van der Waals surface area contributed by atoms with Crippen molar-refractivity contribution in [3.05, 3.63) is 98.7 Å². The molecule has 0 aliphatic carbocycles. The van der Waals surface area contributed by atoms with Crippen molar-refractivity contribution in [3.8, 4) is 11.5 Å². The molecule has 0 saturated heterocycles. The second-order valence-electron chi connectivity index (χ2n) is 9.86. The first kappa shape index (κ1) is 26.5. The van der Waals surface area contributed by atoms with E-state index < -0.39 is 23.2 Å². The molecule has 39 heavy (non-hydrogen) atoms. The Morgan fingerprint density at radius 1 is 0.897 bits per heavy atom. The fraction of sp³-hybridized carbons (Fsp3) is 0.312. The zero-order chi connectivity index (χ0) is 27.7. The number of fused-ring (bicyclic) bond motifs is 2. The average molecular weight is 530 g/mol. The van der Waals surface area contributed by atoms with Gasteiger partial charge in [-0.3, -0.25) is 14.5 Å². The molecule has 202 valence electrons. The Labute approximate surface area is 227 Å². The standard InChI is InChI=1S/C32H32FNO5/c1-5-7-8-15-38-26-13-10-21(17-27(26)37-6-2)29-28-30(35)24-18-22(33)11-14-25(24)39-31(28)32(36)34(29)23-12-9-19(3)20(4)16-23/h9-14,16-18,29H,5-8,15H2,1-4H3. The molecule has 0 N–H and O–H groups in total. The van der Waals surface area contributed by atoms with Crippen LogP contribution in [0.4, 0.5) is 10.1 Å². The molecule has 4 aromatic rings. The normalized spacial score (nSPS) is 14.6. The first-order chi connectivity index (χ1) is 18.8. The van der Waals surface area contributed by atoms with E-state index >= 15 is 0 Å². The van der Waals surface area contributed by atoms with Crippen molar-refractivity contribution >= 4 is 22.6 Å². The van der Waals surface area contributed by atoms with Crippen LogP contribution in [0.2, 0.25) is 0 Å². The maximum absolute atomic E-state index is 14.1. The van der Waals surface area contributed by atoms with E-state index in [0.717, 1.165) is 36.5 Å². The third-order valence-corrected chi connectivity index (χ3v) is 7.19. The van der Waals surface area contributed by atoms with E-state index in [1.807, 2.05) is 57.2 Å². The van der Waals surface area contributed by atoms with Crippen LogP contribution in [0.25, 0.3) is 11.0 Å². The molecule has 1 atom stereocenters. The molecule has 1 aliphatic heterocycles. The number of amides is 1. The Hall–Kier alpha value is -4.13. The summed E-state index contributed by atoms with van der Waals surface area (Å²) in [7, 11) is 0. The third-order valence-electron chi connectivity index (χ3n) is 7.19. The van der Waals surface area contributed by atoms with Crippen molar-refractivity contribution in [1.82, 2.24) is 0 Å². The maximum Gasteiger partial charge on any atom is 0.295 e. The van der Waals surface area contributed by atoms with Gasteiger partial charge in [0.2, 0.25) is 5.76 Å². The van der Waals surface area contributed by atoms with Crippen LogP contribution in [0.3, 0.4) is 0 Å². The second-order valence-corrected chi connectivity index (χ2v) is 9.86. The first-order valence-electron chi connectivity index (χ1n) is 13.4. The molecule has 3 aromatic carbocycles. The van der Waals surface area contributed by atoms with Gasteiger partial charge < -0.3 is 13.9 Å². The Bertz CT molecular complexity index is 1610. The van der Waals surface area contributed by atoms with Gasteiger partial charge >= 0.3 is 0 Å². The Morgan fingerprint density at radius 2 is 1.72 bits per heavy atom. The second kappa shape index (κ2) is 10.9. The Balaban J connectivity index is 1.69. The molecule has 1 aliphatic rings. The van der Waals surface area contributed by atoms with Gasteiger partial charge in [0.15, 0.2) is 16.9 Å². The van der Waals surface area contributed by atoms with E-state index in [9.17, 15) is 14.0 Å². The minimum atomic E-state index is -0.799. The average Bonchev–Trinajstić information content (AvgIpc) is 3.22. The molecule has 0 saturated carbocycles. The lowest BCUT2D eigenvalue weighted by Crippen LogP contribution is -2.29. The summed E-state index contributed by atoms with van der Waals surface area (Å²) in [5, 5.41) is 0.0920. The molecule has 0 radical (unpaired) electrons. The fourth-order valence-electron chi connectivity index (χ4n) is 5.02. The molecular weight excluding hydrogens is 497 g/mol. The van der Waals surface area contributed by atoms with Crippen LogP contribution in [0, 0.1) is 19.7 Å². The molecule has 0 bridgehead atoms. The lowest BCUT2D eigenvalue weighted by atomic mass is 9.97. The van der Waals surface area contributed by atoms with Crippen molar-refractivity contribution in [2.45, 2.75) is 53.0 Å². The lowest BCUT2D eigenvalue weighted by molar-refractivity contribution is 0.0971. The highest BCUT2D eigenvalue weighted by Crippen LogP contribution is 2.43. The van der Waals surface area contributed by atoms with Crippen molar-refractivity contribution < 1.29 is 23.1 Å². The third kappa shape index (κ3) is 4.89. The number of rotatable bonds is 9. The molecule has 7 heteroatoms. The summed E-state index contributed by atoms with van der Waals surface area (Å²) in [6, 6.07) is 14.1. The van der Waals surface area contributed by atoms with Gasteiger partial charge in [-0.05, 0) is 86.3 Å². The Morgan fingerprint density at radius 3 is 2.46 bits per heavy atom. The summed E-state index contributed by atoms with van der Waals surface area (Å²) in [4.78, 5) is 29.3. The quantitative estimate of drug-likeness (QED) is 0.213. The highest BCUT2D eigenvalue weighted by Gasteiger charge is 2.44. The largest absolute Gasteiger partial charge is 0.490 e. The van der Waals surface area contributed by atoms with E-state index in [1.165, 1.54) is 12.1 Å². The summed E-state index contributed by atoms with van der Waals surface area (Å²) in [5.74, 6) is 0.111. The number of benzene rings is 3. The van der Waals surface area contributed by atoms with E-state index in [2.05, 4.69) is 6.92 Å². The van der Waals surface area contributed by atoms with Crippen LogP contribution >= 0.6 is 0 Å². The fourth-order valence-corrected chi connectivity index (χ4v) is 5.02. The van der Waals surface area contributed by atoms with Gasteiger partial charge in [-0.2, -0.15) is 0 Å². The summed E-state index contributed by atoms with van der Waals surface area (Å²) in [5.41, 5.74) is 3.29. The van der Waals surface area contributed by atoms with E-state index in [1.54, 1.807) is 4.90 Å². The van der Waals surface area contributed by atoms with Gasteiger partial charge in [0.05, 0.1) is 30.2 Å². The minimum absolute atomic E-state index is 0.0415. The number of hydrogen-bond donors (Lipinski definition) is 0. The monoisotopic (exact) mass is 529 g/mol. The van der Waals surface area contributed by atoms with Gasteiger partial charge in [-0.15, -0.1) is 0 Å². The van der Waals surface area contributed by atoms with Crippen LogP contribution in [0.1, 0.15) is 72.0 Å². The van der Waals surface area contributed by atoms with E-state index in [-0.39, 0.29) is 22.3 Å². The van der Waals surface area contributed by atoms with Crippen molar-refractivity contribution in [2.75, 3.05) is 18.1 Å². The van der Waals surface area contributed by atoms with Crippen LogP contribution in [0.5, 0.6) is 11.5 Å². The highest BCUT2D eigenvalue weighted by molar-refractivity contribution is 6.10. The number of hydrogen-bond acceptors (Lipinski definition) is 5. The first-order valence-corrected chi connectivity index (χ1v) is 13.4. The smallest absolute Gasteiger partial charge is 0.295 e. The number of unbranched alkanes of at least 4 members (excludes halogenated alkanes) is 2. The number of anilines is 1. The van der Waals surface area contributed by atoms with Gasteiger partial charge in [-0.25, -0.2) is 4.39 Å². The van der Waals surface area contributed by atoms with E-state index in [4.69, 9.17) is 13.9 Å². The van der Waals surface area contributed by atoms with Crippen LogP contribution in [-0.2, 0) is 0 Å². The number of nitrogens with zero attached hydrogens (tertiary/aromatic N) is 1. The number of carbonyl (C=O) groups is 1. The van der Waals surface area contributed by atoms with Crippen LogP contribution in [0.15, 0.2) is 63.8 Å². The van der Waals surface area contributed by atoms with Crippen LogP contribution in [-0.4, -0.2) is 19.1 Å².